The minimum atomic E-state index is 0.778. The second-order valence-electron chi connectivity index (χ2n) is 4.25. The van der Waals surface area contributed by atoms with Gasteiger partial charge in [-0.15, -0.1) is 0 Å². The molecule has 0 aliphatic rings. The summed E-state index contributed by atoms with van der Waals surface area (Å²) in [6.07, 6.45) is 4.29. The van der Waals surface area contributed by atoms with E-state index in [1.807, 2.05) is 12.3 Å². The number of anilines is 1. The number of halogens is 1. The molecule has 0 aromatic carbocycles. The molecule has 84 valence electrons. The molecule has 0 fully saturated rings. The lowest BCUT2D eigenvalue weighted by Crippen LogP contribution is -2.05. The minimum Gasteiger partial charge on any atom is -0.369 e. The maximum absolute atomic E-state index is 4.30. The summed E-state index contributed by atoms with van der Waals surface area (Å²) < 4.78 is 1.08. The number of aromatic nitrogens is 1. The van der Waals surface area contributed by atoms with E-state index < -0.39 is 0 Å². The van der Waals surface area contributed by atoms with Crippen molar-refractivity contribution in [1.29, 1.82) is 0 Å². The number of nitrogens with one attached hydrogen (secondary N) is 1. The predicted molar refractivity (Wildman–Crippen MR) is 69.2 cm³/mol. The van der Waals surface area contributed by atoms with Crippen molar-refractivity contribution in [1.82, 2.24) is 4.98 Å². The van der Waals surface area contributed by atoms with Crippen molar-refractivity contribution in [2.45, 2.75) is 33.6 Å². The van der Waals surface area contributed by atoms with Gasteiger partial charge in [-0.3, -0.25) is 0 Å². The average Bonchev–Trinajstić information content (AvgIpc) is 2.18. The van der Waals surface area contributed by atoms with E-state index in [9.17, 15) is 0 Å². The molecule has 0 atom stereocenters. The van der Waals surface area contributed by atoms with Gasteiger partial charge in [0.15, 0.2) is 0 Å². The highest BCUT2D eigenvalue weighted by molar-refractivity contribution is 9.10. The Morgan fingerprint density at radius 1 is 1.47 bits per heavy atom. The third-order valence-electron chi connectivity index (χ3n) is 2.33. The number of pyridine rings is 1. The fourth-order valence-electron chi connectivity index (χ4n) is 1.38. The SMILES string of the molecule is Cc1ccnc(NCCCC(C)C)c1Br. The van der Waals surface area contributed by atoms with Gasteiger partial charge < -0.3 is 5.32 Å². The van der Waals surface area contributed by atoms with E-state index >= 15 is 0 Å². The van der Waals surface area contributed by atoms with E-state index in [-0.39, 0.29) is 0 Å². The Labute approximate surface area is 101 Å². The van der Waals surface area contributed by atoms with Gasteiger partial charge in [0.1, 0.15) is 5.82 Å². The Morgan fingerprint density at radius 3 is 2.87 bits per heavy atom. The molecule has 0 saturated heterocycles. The van der Waals surface area contributed by atoms with Gasteiger partial charge in [0, 0.05) is 12.7 Å². The molecule has 0 spiro atoms. The fourth-order valence-corrected chi connectivity index (χ4v) is 1.76. The van der Waals surface area contributed by atoms with Crippen LogP contribution < -0.4 is 5.32 Å². The van der Waals surface area contributed by atoms with Crippen LogP contribution in [0.1, 0.15) is 32.3 Å². The summed E-state index contributed by atoms with van der Waals surface area (Å²) in [5.41, 5.74) is 1.22. The average molecular weight is 271 g/mol. The molecule has 2 nitrogen and oxygen atoms in total. The smallest absolute Gasteiger partial charge is 0.140 e. The molecule has 15 heavy (non-hydrogen) atoms. The standard InChI is InChI=1S/C12H19BrN2/c1-9(2)5-4-7-14-12-11(13)10(3)6-8-15-12/h6,8-9H,4-5,7H2,1-3H3,(H,14,15). The Balaban J connectivity index is 2.41. The van der Waals surface area contributed by atoms with Crippen LogP contribution in [0.15, 0.2) is 16.7 Å². The second kappa shape index (κ2) is 6.11. The Morgan fingerprint density at radius 2 is 2.20 bits per heavy atom. The Bertz CT molecular complexity index is 310. The normalized spacial score (nSPS) is 10.7. The maximum Gasteiger partial charge on any atom is 0.140 e. The van der Waals surface area contributed by atoms with Crippen molar-refractivity contribution in [2.24, 2.45) is 5.92 Å². The number of hydrogen-bond acceptors (Lipinski definition) is 2. The van der Waals surface area contributed by atoms with Gasteiger partial charge in [-0.25, -0.2) is 4.98 Å². The van der Waals surface area contributed by atoms with Crippen molar-refractivity contribution in [3.63, 3.8) is 0 Å². The Hall–Kier alpha value is -0.570. The molecule has 1 rings (SSSR count). The van der Waals surface area contributed by atoms with Crippen molar-refractivity contribution >= 4 is 21.7 Å². The molecule has 1 aromatic rings. The lowest BCUT2D eigenvalue weighted by atomic mass is 10.1. The van der Waals surface area contributed by atoms with Crippen LogP contribution in [-0.2, 0) is 0 Å². The number of rotatable bonds is 5. The molecule has 0 radical (unpaired) electrons. The number of hydrogen-bond donors (Lipinski definition) is 1. The highest BCUT2D eigenvalue weighted by Gasteiger charge is 2.02. The van der Waals surface area contributed by atoms with E-state index in [0.717, 1.165) is 22.8 Å². The summed E-state index contributed by atoms with van der Waals surface area (Å²) in [6, 6.07) is 2.00. The lowest BCUT2D eigenvalue weighted by molar-refractivity contribution is 0.566. The molecule has 1 heterocycles. The van der Waals surface area contributed by atoms with E-state index in [1.165, 1.54) is 18.4 Å². The van der Waals surface area contributed by atoms with Gasteiger partial charge in [-0.2, -0.15) is 0 Å². The minimum absolute atomic E-state index is 0.778. The third-order valence-corrected chi connectivity index (χ3v) is 3.33. The van der Waals surface area contributed by atoms with E-state index in [1.54, 1.807) is 0 Å². The fraction of sp³-hybridized carbons (Fsp3) is 0.583. The Kier molecular flexibility index (Phi) is 5.09. The number of aryl methyl sites for hydroxylation is 1. The largest absolute Gasteiger partial charge is 0.369 e. The van der Waals surface area contributed by atoms with Crippen LogP contribution in [0, 0.1) is 12.8 Å². The monoisotopic (exact) mass is 270 g/mol. The van der Waals surface area contributed by atoms with Crippen LogP contribution >= 0.6 is 15.9 Å². The van der Waals surface area contributed by atoms with Gasteiger partial charge >= 0.3 is 0 Å². The van der Waals surface area contributed by atoms with Gasteiger partial charge in [0.25, 0.3) is 0 Å². The lowest BCUT2D eigenvalue weighted by Gasteiger charge is -2.09. The van der Waals surface area contributed by atoms with Crippen LogP contribution in [0.2, 0.25) is 0 Å². The molecule has 0 amide bonds. The number of nitrogens with zero attached hydrogens (tertiary/aromatic N) is 1. The quantitative estimate of drug-likeness (QED) is 0.819. The van der Waals surface area contributed by atoms with Gasteiger partial charge in [-0.05, 0) is 53.2 Å². The van der Waals surface area contributed by atoms with E-state index in [4.69, 9.17) is 0 Å². The second-order valence-corrected chi connectivity index (χ2v) is 5.05. The molecule has 0 aliphatic carbocycles. The molecule has 0 bridgehead atoms. The molecule has 3 heteroatoms. The third kappa shape index (κ3) is 4.20. The topological polar surface area (TPSA) is 24.9 Å². The maximum atomic E-state index is 4.30. The zero-order chi connectivity index (χ0) is 11.3. The van der Waals surface area contributed by atoms with E-state index in [0.29, 0.717) is 0 Å². The first-order valence-electron chi connectivity index (χ1n) is 5.46. The molecule has 0 unspecified atom stereocenters. The summed E-state index contributed by atoms with van der Waals surface area (Å²) in [6.45, 7) is 7.57. The van der Waals surface area contributed by atoms with E-state index in [2.05, 4.69) is 47.0 Å². The van der Waals surface area contributed by atoms with Crippen LogP contribution in [0.3, 0.4) is 0 Å². The summed E-state index contributed by atoms with van der Waals surface area (Å²) in [5, 5.41) is 3.35. The summed E-state index contributed by atoms with van der Waals surface area (Å²) in [5.74, 6) is 1.74. The molecule has 0 saturated carbocycles. The highest BCUT2D eigenvalue weighted by Crippen LogP contribution is 2.23. The zero-order valence-electron chi connectivity index (χ0n) is 9.68. The van der Waals surface area contributed by atoms with Crippen molar-refractivity contribution in [3.8, 4) is 0 Å². The summed E-state index contributed by atoms with van der Waals surface area (Å²) in [4.78, 5) is 4.30. The van der Waals surface area contributed by atoms with Gasteiger partial charge in [-0.1, -0.05) is 13.8 Å². The highest BCUT2D eigenvalue weighted by atomic mass is 79.9. The summed E-state index contributed by atoms with van der Waals surface area (Å²) in [7, 11) is 0. The van der Waals surface area contributed by atoms with Crippen molar-refractivity contribution in [3.05, 3.63) is 22.3 Å². The first-order valence-corrected chi connectivity index (χ1v) is 6.25. The molecule has 1 aromatic heterocycles. The molecule has 1 N–H and O–H groups in total. The van der Waals surface area contributed by atoms with Crippen LogP contribution in [0.5, 0.6) is 0 Å². The van der Waals surface area contributed by atoms with Crippen LogP contribution in [0.4, 0.5) is 5.82 Å². The predicted octanol–water partition coefficient (Wildman–Crippen LogP) is 4.00. The van der Waals surface area contributed by atoms with Crippen molar-refractivity contribution in [2.75, 3.05) is 11.9 Å². The summed E-state index contributed by atoms with van der Waals surface area (Å²) >= 11 is 3.54. The van der Waals surface area contributed by atoms with Crippen LogP contribution in [0.25, 0.3) is 0 Å². The first-order chi connectivity index (χ1) is 7.11. The molecular weight excluding hydrogens is 252 g/mol. The molecule has 0 aliphatic heterocycles. The van der Waals surface area contributed by atoms with Gasteiger partial charge in [0.2, 0.25) is 0 Å². The molecular formula is C12H19BrN2. The van der Waals surface area contributed by atoms with Gasteiger partial charge in [0.05, 0.1) is 4.47 Å². The van der Waals surface area contributed by atoms with Crippen LogP contribution in [-0.4, -0.2) is 11.5 Å². The first kappa shape index (κ1) is 12.5. The zero-order valence-corrected chi connectivity index (χ0v) is 11.3. The van der Waals surface area contributed by atoms with Crippen molar-refractivity contribution < 1.29 is 0 Å².